The van der Waals surface area contributed by atoms with Crippen molar-refractivity contribution < 1.29 is 13.3 Å². The third kappa shape index (κ3) is 4.92. The van der Waals surface area contributed by atoms with Crippen LogP contribution in [0.3, 0.4) is 0 Å². The van der Waals surface area contributed by atoms with Crippen molar-refractivity contribution in [2.24, 2.45) is 5.92 Å². The van der Waals surface area contributed by atoms with E-state index in [0.717, 1.165) is 6.42 Å². The fraction of sp³-hybridized carbons (Fsp3) is 0.833. The minimum Gasteiger partial charge on any atom is -0.272 e. The van der Waals surface area contributed by atoms with E-state index < -0.39 is 11.1 Å². The molecule has 1 N–H and O–H groups in total. The van der Waals surface area contributed by atoms with Crippen LogP contribution < -0.4 is 5.48 Å². The second kappa shape index (κ2) is 5.26. The third-order valence-electron chi connectivity index (χ3n) is 1.32. The van der Waals surface area contributed by atoms with Crippen molar-refractivity contribution in [3.05, 3.63) is 0 Å². The van der Waals surface area contributed by atoms with Gasteiger partial charge in [-0.3, -0.25) is 4.79 Å². The molecule has 0 radical (unpaired) electrons. The molecule has 66 valence electrons. The molecule has 0 aliphatic heterocycles. The minimum absolute atomic E-state index is 0.0986. The molecule has 0 saturated heterocycles. The van der Waals surface area contributed by atoms with Gasteiger partial charge in [0, 0.05) is 12.2 Å². The summed E-state index contributed by atoms with van der Waals surface area (Å²) in [5.74, 6) is -0.332. The van der Waals surface area contributed by atoms with E-state index in [0.29, 0.717) is 0 Å². The summed E-state index contributed by atoms with van der Waals surface area (Å²) in [6.45, 7) is 3.67. The highest BCUT2D eigenvalue weighted by molar-refractivity contribution is 7.79. The molecule has 0 aromatic heterocycles. The Hall–Kier alpha value is -0.420. The van der Waals surface area contributed by atoms with Crippen molar-refractivity contribution in [3.63, 3.8) is 0 Å². The number of hydroxylamine groups is 1. The molecule has 0 fully saturated rings. The zero-order chi connectivity index (χ0) is 8.85. The molecule has 0 aromatic carbocycles. The fourth-order valence-corrected chi connectivity index (χ4v) is 0.585. The first kappa shape index (κ1) is 10.6. The van der Waals surface area contributed by atoms with Crippen LogP contribution in [0.25, 0.3) is 0 Å². The highest BCUT2D eigenvalue weighted by atomic mass is 32.2. The molecule has 2 atom stereocenters. The Kier molecular flexibility index (Phi) is 5.06. The van der Waals surface area contributed by atoms with Gasteiger partial charge in [-0.25, -0.2) is 9.69 Å². The second-order valence-corrected chi connectivity index (χ2v) is 3.23. The Morgan fingerprint density at radius 1 is 1.73 bits per heavy atom. The highest BCUT2D eigenvalue weighted by Gasteiger charge is 2.10. The molecule has 0 spiro atoms. The lowest BCUT2D eigenvalue weighted by Gasteiger charge is -2.06. The first-order valence-electron chi connectivity index (χ1n) is 3.38. The predicted molar refractivity (Wildman–Crippen MR) is 42.7 cm³/mol. The van der Waals surface area contributed by atoms with Crippen LogP contribution in [0.5, 0.6) is 0 Å². The van der Waals surface area contributed by atoms with Gasteiger partial charge in [0.15, 0.2) is 11.1 Å². The lowest BCUT2D eigenvalue weighted by molar-refractivity contribution is -0.130. The van der Waals surface area contributed by atoms with E-state index in [1.165, 1.54) is 6.26 Å². The van der Waals surface area contributed by atoms with Crippen LogP contribution in [0, 0.1) is 5.92 Å². The monoisotopic (exact) mass is 179 g/mol. The number of hydrogen-bond acceptors (Lipinski definition) is 3. The maximum atomic E-state index is 10.9. The molecule has 0 saturated carbocycles. The van der Waals surface area contributed by atoms with Crippen LogP contribution in [0.15, 0.2) is 0 Å². The predicted octanol–water partition coefficient (Wildman–Crippen LogP) is 0.374. The summed E-state index contributed by atoms with van der Waals surface area (Å²) in [5, 5.41) is 0. The second-order valence-electron chi connectivity index (χ2n) is 2.26. The molecule has 0 heterocycles. The standard InChI is InChI=1S/C6H13NO3S/c1-4-5(2)6(8)7-10-11(3)9/h5H,4H2,1-3H3,(H,7,8). The van der Waals surface area contributed by atoms with Crippen LogP contribution in [0.4, 0.5) is 0 Å². The Bertz CT molecular complexity index is 160. The van der Waals surface area contributed by atoms with Gasteiger partial charge in [-0.1, -0.05) is 13.8 Å². The van der Waals surface area contributed by atoms with Crippen LogP contribution in [0.1, 0.15) is 20.3 Å². The zero-order valence-corrected chi connectivity index (χ0v) is 7.73. The van der Waals surface area contributed by atoms with E-state index in [4.69, 9.17) is 0 Å². The van der Waals surface area contributed by atoms with Gasteiger partial charge >= 0.3 is 0 Å². The molecular formula is C6H13NO3S. The minimum atomic E-state index is -1.44. The lowest BCUT2D eigenvalue weighted by Crippen LogP contribution is -2.29. The molecule has 5 heteroatoms. The molecule has 0 rings (SSSR count). The average Bonchev–Trinajstić information content (AvgIpc) is 1.98. The Labute approximate surface area is 68.9 Å². The number of hydrogen-bond donors (Lipinski definition) is 1. The number of rotatable bonds is 4. The van der Waals surface area contributed by atoms with Crippen molar-refractivity contribution in [1.82, 2.24) is 5.48 Å². The summed E-state index contributed by atoms with van der Waals surface area (Å²) in [6.07, 6.45) is 2.09. The average molecular weight is 179 g/mol. The van der Waals surface area contributed by atoms with Gasteiger partial charge < -0.3 is 0 Å². The van der Waals surface area contributed by atoms with Crippen molar-refractivity contribution in [1.29, 1.82) is 0 Å². The summed E-state index contributed by atoms with van der Waals surface area (Å²) in [5.41, 5.74) is 2.09. The van der Waals surface area contributed by atoms with Crippen LogP contribution in [-0.2, 0) is 20.2 Å². The van der Waals surface area contributed by atoms with Crippen molar-refractivity contribution in [2.75, 3.05) is 6.26 Å². The quantitative estimate of drug-likeness (QED) is 0.634. The number of amides is 1. The Morgan fingerprint density at radius 3 is 2.64 bits per heavy atom. The van der Waals surface area contributed by atoms with Gasteiger partial charge in [0.25, 0.3) is 0 Å². The zero-order valence-electron chi connectivity index (χ0n) is 6.92. The van der Waals surface area contributed by atoms with Gasteiger partial charge in [0.2, 0.25) is 5.91 Å². The van der Waals surface area contributed by atoms with Crippen LogP contribution >= 0.6 is 0 Å². The lowest BCUT2D eigenvalue weighted by atomic mass is 10.1. The molecule has 0 aliphatic rings. The molecule has 0 aromatic rings. The van der Waals surface area contributed by atoms with E-state index in [2.05, 4.69) is 9.76 Å². The van der Waals surface area contributed by atoms with Crippen molar-refractivity contribution in [3.8, 4) is 0 Å². The highest BCUT2D eigenvalue weighted by Crippen LogP contribution is 1.99. The summed E-state index contributed by atoms with van der Waals surface area (Å²) < 4.78 is 14.7. The summed E-state index contributed by atoms with van der Waals surface area (Å²) >= 11 is -1.44. The van der Waals surface area contributed by atoms with Crippen molar-refractivity contribution in [2.45, 2.75) is 20.3 Å². The molecule has 11 heavy (non-hydrogen) atoms. The van der Waals surface area contributed by atoms with Crippen LogP contribution in [0.2, 0.25) is 0 Å². The number of carbonyl (C=O) groups is 1. The van der Waals surface area contributed by atoms with Gasteiger partial charge in [0.1, 0.15) is 0 Å². The topological polar surface area (TPSA) is 55.4 Å². The first-order chi connectivity index (χ1) is 5.07. The molecule has 0 aliphatic carbocycles. The number of nitrogens with one attached hydrogen (secondary N) is 1. The molecule has 2 unspecified atom stereocenters. The van der Waals surface area contributed by atoms with E-state index in [1.54, 1.807) is 6.92 Å². The van der Waals surface area contributed by atoms with E-state index in [9.17, 15) is 9.00 Å². The third-order valence-corrected chi connectivity index (χ3v) is 1.64. The molecular weight excluding hydrogens is 166 g/mol. The molecule has 1 amide bonds. The van der Waals surface area contributed by atoms with E-state index in [1.807, 2.05) is 6.92 Å². The van der Waals surface area contributed by atoms with E-state index >= 15 is 0 Å². The van der Waals surface area contributed by atoms with Crippen LogP contribution in [-0.4, -0.2) is 16.4 Å². The van der Waals surface area contributed by atoms with Gasteiger partial charge in [-0.05, 0) is 6.42 Å². The van der Waals surface area contributed by atoms with E-state index in [-0.39, 0.29) is 11.8 Å². The maximum Gasteiger partial charge on any atom is 0.247 e. The summed E-state index contributed by atoms with van der Waals surface area (Å²) in [4.78, 5) is 10.9. The maximum absolute atomic E-state index is 10.9. The van der Waals surface area contributed by atoms with Gasteiger partial charge in [-0.15, -0.1) is 0 Å². The smallest absolute Gasteiger partial charge is 0.247 e. The number of carbonyl (C=O) groups excluding carboxylic acids is 1. The largest absolute Gasteiger partial charge is 0.272 e. The van der Waals surface area contributed by atoms with Gasteiger partial charge in [-0.2, -0.15) is 4.28 Å². The molecule has 4 nitrogen and oxygen atoms in total. The fourth-order valence-electron chi connectivity index (χ4n) is 0.386. The summed E-state index contributed by atoms with van der Waals surface area (Å²) in [6, 6.07) is 0. The SMILES string of the molecule is CCC(C)C(=O)NOS(C)=O. The summed E-state index contributed by atoms with van der Waals surface area (Å²) in [7, 11) is 0. The van der Waals surface area contributed by atoms with Gasteiger partial charge in [0.05, 0.1) is 0 Å². The molecule has 0 bridgehead atoms. The normalized spacial score (nSPS) is 15.5. The Balaban J connectivity index is 3.60. The van der Waals surface area contributed by atoms with Crippen molar-refractivity contribution >= 4 is 17.0 Å². The first-order valence-corrected chi connectivity index (χ1v) is 4.86. The Morgan fingerprint density at radius 2 is 2.27 bits per heavy atom.